The Hall–Kier alpha value is -0.190. The van der Waals surface area contributed by atoms with E-state index in [2.05, 4.69) is 17.2 Å². The Morgan fingerprint density at radius 1 is 1.71 bits per heavy atom. The van der Waals surface area contributed by atoms with E-state index in [9.17, 15) is 0 Å². The maximum Gasteiger partial charge on any atom is 0.137 e. The summed E-state index contributed by atoms with van der Waals surface area (Å²) in [5.74, 6) is 2.20. The van der Waals surface area contributed by atoms with Crippen molar-refractivity contribution in [2.24, 2.45) is 7.05 Å². The molecule has 3 nitrogen and oxygen atoms in total. The molecule has 5 heteroatoms. The Balaban J connectivity index is 2.18. The van der Waals surface area contributed by atoms with Gasteiger partial charge in [0.05, 0.1) is 6.20 Å². The van der Waals surface area contributed by atoms with Crippen molar-refractivity contribution in [3.8, 4) is 0 Å². The van der Waals surface area contributed by atoms with E-state index >= 15 is 0 Å². The third kappa shape index (κ3) is 1.92. The van der Waals surface area contributed by atoms with E-state index < -0.39 is 0 Å². The summed E-state index contributed by atoms with van der Waals surface area (Å²) < 4.78 is 1.93. The third-order valence-electron chi connectivity index (χ3n) is 2.47. The molecule has 0 aliphatic carbocycles. The Kier molecular flexibility index (Phi) is 3.04. The Morgan fingerprint density at radius 2 is 2.50 bits per heavy atom. The van der Waals surface area contributed by atoms with Crippen LogP contribution in [0.5, 0.6) is 0 Å². The van der Waals surface area contributed by atoms with Crippen molar-refractivity contribution < 1.29 is 0 Å². The van der Waals surface area contributed by atoms with E-state index in [0.29, 0.717) is 11.2 Å². The fourth-order valence-corrected chi connectivity index (χ4v) is 3.10. The van der Waals surface area contributed by atoms with Gasteiger partial charge in [-0.05, 0) is 19.1 Å². The molecule has 0 amide bonds. The highest BCUT2D eigenvalue weighted by atomic mass is 35.5. The molecule has 2 rings (SSSR count). The van der Waals surface area contributed by atoms with Gasteiger partial charge in [-0.1, -0.05) is 11.6 Å². The minimum absolute atomic E-state index is 0.288. The zero-order valence-corrected chi connectivity index (χ0v) is 9.90. The highest BCUT2D eigenvalue weighted by Crippen LogP contribution is 2.31. The molecule has 14 heavy (non-hydrogen) atoms. The summed E-state index contributed by atoms with van der Waals surface area (Å²) in [6.45, 7) is 2.21. The number of rotatable bonds is 1. The minimum atomic E-state index is 0.288. The largest absolute Gasteiger partial charge is 0.320 e. The van der Waals surface area contributed by atoms with Crippen LogP contribution in [0.2, 0.25) is 5.15 Å². The average molecular weight is 232 g/mol. The lowest BCUT2D eigenvalue weighted by Crippen LogP contribution is -2.34. The first kappa shape index (κ1) is 10.3. The molecule has 0 radical (unpaired) electrons. The highest BCUT2D eigenvalue weighted by molar-refractivity contribution is 7.99. The van der Waals surface area contributed by atoms with Crippen molar-refractivity contribution in [2.45, 2.75) is 24.8 Å². The maximum absolute atomic E-state index is 5.95. The van der Waals surface area contributed by atoms with E-state index in [1.165, 1.54) is 12.2 Å². The van der Waals surface area contributed by atoms with Gasteiger partial charge in [0.1, 0.15) is 16.4 Å². The van der Waals surface area contributed by atoms with Crippen LogP contribution in [0.15, 0.2) is 6.20 Å². The number of nitrogens with one attached hydrogen (secondary N) is 1. The van der Waals surface area contributed by atoms with Gasteiger partial charge >= 0.3 is 0 Å². The van der Waals surface area contributed by atoms with Gasteiger partial charge in [0.2, 0.25) is 0 Å². The van der Waals surface area contributed by atoms with Gasteiger partial charge in [0, 0.05) is 13.1 Å². The second-order valence-corrected chi connectivity index (χ2v) is 5.21. The number of imidazole rings is 1. The van der Waals surface area contributed by atoms with Gasteiger partial charge in [-0.25, -0.2) is 4.98 Å². The molecule has 1 N–H and O–H groups in total. The molecule has 1 saturated heterocycles. The fraction of sp³-hybridized carbons (Fsp3) is 0.667. The molecular weight excluding hydrogens is 218 g/mol. The zero-order chi connectivity index (χ0) is 10.1. The van der Waals surface area contributed by atoms with Crippen LogP contribution in [-0.4, -0.2) is 21.3 Å². The quantitative estimate of drug-likeness (QED) is 0.804. The molecule has 1 aliphatic heterocycles. The predicted octanol–water partition coefficient (Wildman–Crippen LogP) is 2.19. The topological polar surface area (TPSA) is 29.9 Å². The lowest BCUT2D eigenvalue weighted by molar-refractivity contribution is 0.493. The van der Waals surface area contributed by atoms with Crippen molar-refractivity contribution in [1.82, 2.24) is 14.9 Å². The van der Waals surface area contributed by atoms with Crippen molar-refractivity contribution >= 4 is 23.4 Å². The second kappa shape index (κ2) is 4.13. The highest BCUT2D eigenvalue weighted by Gasteiger charge is 2.23. The van der Waals surface area contributed by atoms with Crippen LogP contribution in [-0.2, 0) is 7.05 Å². The standard InChI is InChI=1S/C9H14ClN3S/c1-6-3-4-14-9(12-6)8-11-5-7(10)13(8)2/h5-6,9,12H,3-4H2,1-2H3. The van der Waals surface area contributed by atoms with Crippen molar-refractivity contribution in [3.63, 3.8) is 0 Å². The molecule has 0 bridgehead atoms. The number of nitrogens with zero attached hydrogens (tertiary/aromatic N) is 2. The van der Waals surface area contributed by atoms with Crippen LogP contribution >= 0.6 is 23.4 Å². The maximum atomic E-state index is 5.95. The first-order valence-electron chi connectivity index (χ1n) is 4.73. The van der Waals surface area contributed by atoms with Crippen LogP contribution in [0, 0.1) is 0 Å². The van der Waals surface area contributed by atoms with E-state index in [4.69, 9.17) is 11.6 Å². The fourth-order valence-electron chi connectivity index (χ4n) is 1.55. The van der Waals surface area contributed by atoms with Crippen LogP contribution in [0.4, 0.5) is 0 Å². The number of thioether (sulfide) groups is 1. The summed E-state index contributed by atoms with van der Waals surface area (Å²) in [5.41, 5.74) is 0. The molecule has 2 heterocycles. The molecule has 78 valence electrons. The first-order valence-corrected chi connectivity index (χ1v) is 6.16. The van der Waals surface area contributed by atoms with Crippen LogP contribution in [0.25, 0.3) is 0 Å². The molecule has 0 aromatic carbocycles. The van der Waals surface area contributed by atoms with Crippen molar-refractivity contribution in [3.05, 3.63) is 17.2 Å². The molecule has 2 atom stereocenters. The summed E-state index contributed by atoms with van der Waals surface area (Å²) >= 11 is 7.84. The SMILES string of the molecule is CC1CCSC(c2ncc(Cl)n2C)N1. The predicted molar refractivity (Wildman–Crippen MR) is 60.6 cm³/mol. The van der Waals surface area contributed by atoms with Crippen molar-refractivity contribution in [2.75, 3.05) is 5.75 Å². The number of aromatic nitrogens is 2. The van der Waals surface area contributed by atoms with Crippen LogP contribution < -0.4 is 5.32 Å². The Morgan fingerprint density at radius 3 is 3.07 bits per heavy atom. The minimum Gasteiger partial charge on any atom is -0.320 e. The number of hydrogen-bond donors (Lipinski definition) is 1. The van der Waals surface area contributed by atoms with E-state index in [0.717, 1.165) is 5.82 Å². The summed E-state index contributed by atoms with van der Waals surface area (Å²) in [6, 6.07) is 0.566. The Bertz CT molecular complexity index is 326. The van der Waals surface area contributed by atoms with Gasteiger partial charge in [-0.2, -0.15) is 0 Å². The zero-order valence-electron chi connectivity index (χ0n) is 8.33. The van der Waals surface area contributed by atoms with E-state index in [1.54, 1.807) is 6.20 Å². The summed E-state index contributed by atoms with van der Waals surface area (Å²) in [4.78, 5) is 4.32. The van der Waals surface area contributed by atoms with Crippen molar-refractivity contribution in [1.29, 1.82) is 0 Å². The van der Waals surface area contributed by atoms with E-state index in [1.807, 2.05) is 23.4 Å². The van der Waals surface area contributed by atoms with Gasteiger partial charge in [0.15, 0.2) is 0 Å². The van der Waals surface area contributed by atoms with E-state index in [-0.39, 0.29) is 5.37 Å². The van der Waals surface area contributed by atoms with Gasteiger partial charge in [0.25, 0.3) is 0 Å². The molecule has 0 spiro atoms. The molecule has 1 aromatic rings. The summed E-state index contributed by atoms with van der Waals surface area (Å²) in [5, 5.41) is 4.49. The summed E-state index contributed by atoms with van der Waals surface area (Å²) in [6.07, 6.45) is 2.93. The monoisotopic (exact) mass is 231 g/mol. The normalized spacial score (nSPS) is 27.9. The summed E-state index contributed by atoms with van der Waals surface area (Å²) in [7, 11) is 1.95. The third-order valence-corrected chi connectivity index (χ3v) is 3.98. The lowest BCUT2D eigenvalue weighted by Gasteiger charge is -2.27. The lowest BCUT2D eigenvalue weighted by atomic mass is 10.2. The molecule has 1 aliphatic rings. The molecular formula is C9H14ClN3S. The number of hydrogen-bond acceptors (Lipinski definition) is 3. The molecule has 0 saturated carbocycles. The first-order chi connectivity index (χ1) is 6.68. The average Bonchev–Trinajstić information content (AvgIpc) is 2.48. The van der Waals surface area contributed by atoms with Gasteiger partial charge in [-0.3, -0.25) is 5.32 Å². The molecule has 1 fully saturated rings. The number of halogens is 1. The van der Waals surface area contributed by atoms with Gasteiger partial charge in [-0.15, -0.1) is 11.8 Å². The second-order valence-electron chi connectivity index (χ2n) is 3.61. The Labute approximate surface area is 93.2 Å². The molecule has 1 aromatic heterocycles. The van der Waals surface area contributed by atoms with Gasteiger partial charge < -0.3 is 4.57 Å². The van der Waals surface area contributed by atoms with Crippen LogP contribution in [0.1, 0.15) is 24.5 Å². The smallest absolute Gasteiger partial charge is 0.137 e. The molecule has 2 unspecified atom stereocenters. The van der Waals surface area contributed by atoms with Crippen LogP contribution in [0.3, 0.4) is 0 Å².